The molecule has 2 aliphatic carbocycles. The molecule has 1 nitrogen and oxygen atoms in total. The highest BCUT2D eigenvalue weighted by molar-refractivity contribution is 5.89. The number of carbonyl (C=O) groups excluding carboxylic acids is 1. The predicted octanol–water partition coefficient (Wildman–Crippen LogP) is 3.33. The summed E-state index contributed by atoms with van der Waals surface area (Å²) in [5.41, 5.74) is 0.491. The van der Waals surface area contributed by atoms with Gasteiger partial charge in [-0.05, 0) is 24.7 Å². The Kier molecular flexibility index (Phi) is 2.44. The number of carbonyl (C=O) groups is 1. The number of Topliss-reactive ketones (excluding diaryl/α,β-unsaturated/α-hetero) is 1. The van der Waals surface area contributed by atoms with Crippen molar-refractivity contribution in [2.75, 3.05) is 0 Å². The van der Waals surface area contributed by atoms with Crippen molar-refractivity contribution in [2.45, 2.75) is 58.3 Å². The molecule has 1 heteroatoms. The van der Waals surface area contributed by atoms with Gasteiger partial charge < -0.3 is 0 Å². The van der Waals surface area contributed by atoms with Crippen molar-refractivity contribution in [2.24, 2.45) is 11.3 Å². The third-order valence-electron chi connectivity index (χ3n) is 4.10. The highest BCUT2D eigenvalue weighted by Crippen LogP contribution is 2.55. The molecule has 74 valence electrons. The first-order valence-electron chi connectivity index (χ1n) is 5.81. The normalized spacial score (nSPS) is 38.2. The molecule has 2 unspecified atom stereocenters. The minimum atomic E-state index is 0.479. The van der Waals surface area contributed by atoms with Gasteiger partial charge >= 0.3 is 0 Å². The lowest BCUT2D eigenvalue weighted by molar-refractivity contribution is -0.148. The van der Waals surface area contributed by atoms with Crippen molar-refractivity contribution in [3.8, 4) is 0 Å². The van der Waals surface area contributed by atoms with Gasteiger partial charge in [0.05, 0.1) is 0 Å². The SMILES string of the molecule is CCCCC12CCCCC1C(=O)C2. The zero-order chi connectivity index (χ0) is 9.31. The summed E-state index contributed by atoms with van der Waals surface area (Å²) >= 11 is 0. The molecule has 0 spiro atoms. The molecule has 0 aromatic heterocycles. The van der Waals surface area contributed by atoms with Gasteiger partial charge in [0.15, 0.2) is 0 Å². The first kappa shape index (κ1) is 9.23. The van der Waals surface area contributed by atoms with Gasteiger partial charge in [-0.3, -0.25) is 4.79 Å². The van der Waals surface area contributed by atoms with Crippen LogP contribution in [0.5, 0.6) is 0 Å². The monoisotopic (exact) mass is 180 g/mol. The molecule has 13 heavy (non-hydrogen) atoms. The van der Waals surface area contributed by atoms with Crippen LogP contribution in [0.2, 0.25) is 0 Å². The molecule has 0 N–H and O–H groups in total. The average molecular weight is 180 g/mol. The maximum absolute atomic E-state index is 11.4. The maximum atomic E-state index is 11.4. The number of hydrogen-bond acceptors (Lipinski definition) is 1. The van der Waals surface area contributed by atoms with Gasteiger partial charge in [0.2, 0.25) is 0 Å². The lowest BCUT2D eigenvalue weighted by atomic mass is 9.51. The first-order chi connectivity index (χ1) is 6.28. The summed E-state index contributed by atoms with van der Waals surface area (Å²) in [6.45, 7) is 2.25. The minimum Gasteiger partial charge on any atom is -0.299 e. The fraction of sp³-hybridized carbons (Fsp3) is 0.917. The van der Waals surface area contributed by atoms with Gasteiger partial charge in [-0.1, -0.05) is 32.6 Å². The zero-order valence-corrected chi connectivity index (χ0v) is 8.64. The molecule has 2 aliphatic rings. The highest BCUT2D eigenvalue weighted by Gasteiger charge is 2.52. The second-order valence-corrected chi connectivity index (χ2v) is 4.91. The van der Waals surface area contributed by atoms with E-state index in [1.165, 1.54) is 44.9 Å². The van der Waals surface area contributed by atoms with E-state index in [-0.39, 0.29) is 0 Å². The van der Waals surface area contributed by atoms with Crippen molar-refractivity contribution < 1.29 is 4.79 Å². The highest BCUT2D eigenvalue weighted by atomic mass is 16.1. The Morgan fingerprint density at radius 1 is 1.46 bits per heavy atom. The molecule has 2 fully saturated rings. The largest absolute Gasteiger partial charge is 0.299 e. The topological polar surface area (TPSA) is 17.1 Å². The molecule has 2 saturated carbocycles. The van der Waals surface area contributed by atoms with Crippen LogP contribution < -0.4 is 0 Å². The second kappa shape index (κ2) is 3.43. The molecule has 0 saturated heterocycles. The Bertz CT molecular complexity index is 209. The average Bonchev–Trinajstić information content (AvgIpc) is 2.13. The summed E-state index contributed by atoms with van der Waals surface area (Å²) in [5, 5.41) is 0. The van der Waals surface area contributed by atoms with Crippen LogP contribution in [0.15, 0.2) is 0 Å². The Hall–Kier alpha value is -0.330. The molecular formula is C12H20O. The van der Waals surface area contributed by atoms with Crippen molar-refractivity contribution >= 4 is 5.78 Å². The van der Waals surface area contributed by atoms with E-state index in [9.17, 15) is 4.79 Å². The molecule has 2 rings (SSSR count). The Morgan fingerprint density at radius 3 is 3.00 bits per heavy atom. The molecular weight excluding hydrogens is 160 g/mol. The molecule has 0 aromatic carbocycles. The van der Waals surface area contributed by atoms with Gasteiger partial charge in [-0.25, -0.2) is 0 Å². The maximum Gasteiger partial charge on any atom is 0.137 e. The van der Waals surface area contributed by atoms with Crippen LogP contribution in [0.3, 0.4) is 0 Å². The van der Waals surface area contributed by atoms with Gasteiger partial charge in [-0.15, -0.1) is 0 Å². The molecule has 0 heterocycles. The third-order valence-corrected chi connectivity index (χ3v) is 4.10. The summed E-state index contributed by atoms with van der Waals surface area (Å²) in [7, 11) is 0. The van der Waals surface area contributed by atoms with Crippen LogP contribution in [0, 0.1) is 11.3 Å². The third kappa shape index (κ3) is 1.43. The van der Waals surface area contributed by atoms with Crippen LogP contribution in [0.4, 0.5) is 0 Å². The summed E-state index contributed by atoms with van der Waals surface area (Å²) in [6.07, 6.45) is 10.0. The van der Waals surface area contributed by atoms with Gasteiger partial charge in [-0.2, -0.15) is 0 Å². The molecule has 2 atom stereocenters. The van der Waals surface area contributed by atoms with E-state index in [0.717, 1.165) is 6.42 Å². The smallest absolute Gasteiger partial charge is 0.137 e. The van der Waals surface area contributed by atoms with Gasteiger partial charge in [0.25, 0.3) is 0 Å². The van der Waals surface area contributed by atoms with Crippen LogP contribution in [-0.4, -0.2) is 5.78 Å². The molecule has 0 bridgehead atoms. The van der Waals surface area contributed by atoms with E-state index in [1.54, 1.807) is 0 Å². The lowest BCUT2D eigenvalue weighted by Gasteiger charge is -2.51. The van der Waals surface area contributed by atoms with Crippen LogP contribution in [0.1, 0.15) is 58.3 Å². The van der Waals surface area contributed by atoms with E-state index in [4.69, 9.17) is 0 Å². The summed E-state index contributed by atoms with van der Waals surface area (Å²) in [4.78, 5) is 11.4. The van der Waals surface area contributed by atoms with E-state index in [2.05, 4.69) is 6.92 Å². The summed E-state index contributed by atoms with van der Waals surface area (Å²) in [6, 6.07) is 0. The Labute approximate surface area is 80.9 Å². The summed E-state index contributed by atoms with van der Waals surface area (Å²) in [5.74, 6) is 1.05. The van der Waals surface area contributed by atoms with Crippen molar-refractivity contribution in [1.82, 2.24) is 0 Å². The summed E-state index contributed by atoms with van der Waals surface area (Å²) < 4.78 is 0. The second-order valence-electron chi connectivity index (χ2n) is 4.91. The van der Waals surface area contributed by atoms with Crippen molar-refractivity contribution in [3.05, 3.63) is 0 Å². The fourth-order valence-corrected chi connectivity index (χ4v) is 3.28. The molecule has 0 aromatic rings. The number of rotatable bonds is 3. The van der Waals surface area contributed by atoms with Gasteiger partial charge in [0, 0.05) is 12.3 Å². The van der Waals surface area contributed by atoms with Crippen molar-refractivity contribution in [3.63, 3.8) is 0 Å². The van der Waals surface area contributed by atoms with E-state index >= 15 is 0 Å². The standard InChI is InChI=1S/C12H20O/c1-2-3-7-12-8-5-4-6-10(12)11(13)9-12/h10H,2-9H2,1H3. The zero-order valence-electron chi connectivity index (χ0n) is 8.64. The van der Waals surface area contributed by atoms with Crippen LogP contribution >= 0.6 is 0 Å². The molecule has 0 radical (unpaired) electrons. The number of hydrogen-bond donors (Lipinski definition) is 0. The quantitative estimate of drug-likeness (QED) is 0.651. The van der Waals surface area contributed by atoms with E-state index < -0.39 is 0 Å². The Morgan fingerprint density at radius 2 is 2.31 bits per heavy atom. The van der Waals surface area contributed by atoms with Crippen LogP contribution in [0.25, 0.3) is 0 Å². The number of ketones is 1. The number of unbranched alkanes of at least 4 members (excludes halogenated alkanes) is 1. The first-order valence-corrected chi connectivity index (χ1v) is 5.81. The number of fused-ring (bicyclic) bond motifs is 1. The molecule has 0 aliphatic heterocycles. The predicted molar refractivity (Wildman–Crippen MR) is 53.5 cm³/mol. The Balaban J connectivity index is 1.98. The minimum absolute atomic E-state index is 0.479. The van der Waals surface area contributed by atoms with E-state index in [0.29, 0.717) is 17.1 Å². The van der Waals surface area contributed by atoms with Crippen LogP contribution in [-0.2, 0) is 4.79 Å². The lowest BCUT2D eigenvalue weighted by Crippen LogP contribution is -2.50. The van der Waals surface area contributed by atoms with Crippen molar-refractivity contribution in [1.29, 1.82) is 0 Å². The molecule has 0 amide bonds. The fourth-order valence-electron chi connectivity index (χ4n) is 3.28. The van der Waals surface area contributed by atoms with E-state index in [1.807, 2.05) is 0 Å². The van der Waals surface area contributed by atoms with Gasteiger partial charge in [0.1, 0.15) is 5.78 Å².